The molecule has 2 amide bonds. The Balaban J connectivity index is 1.43. The van der Waals surface area contributed by atoms with E-state index in [0.29, 0.717) is 25.3 Å². The minimum absolute atomic E-state index is 0.0851. The van der Waals surface area contributed by atoms with E-state index < -0.39 is 0 Å². The van der Waals surface area contributed by atoms with Crippen molar-refractivity contribution in [3.8, 4) is 0 Å². The molecule has 0 atom stereocenters. The van der Waals surface area contributed by atoms with Gasteiger partial charge in [0.1, 0.15) is 6.61 Å². The fourth-order valence-corrected chi connectivity index (χ4v) is 3.01. The number of benzene rings is 2. The highest BCUT2D eigenvalue weighted by molar-refractivity contribution is 5.96. The van der Waals surface area contributed by atoms with E-state index in [1.165, 1.54) is 0 Å². The van der Waals surface area contributed by atoms with Crippen molar-refractivity contribution in [1.82, 2.24) is 4.98 Å². The van der Waals surface area contributed by atoms with Crippen molar-refractivity contribution in [2.75, 3.05) is 23.4 Å². The number of nitrogens with zero attached hydrogens (tertiary/aromatic N) is 1. The number of amides is 2. The third-order valence-electron chi connectivity index (χ3n) is 4.25. The van der Waals surface area contributed by atoms with Crippen molar-refractivity contribution in [3.05, 3.63) is 60.3 Å². The van der Waals surface area contributed by atoms with Crippen molar-refractivity contribution in [2.24, 2.45) is 0 Å². The summed E-state index contributed by atoms with van der Waals surface area (Å²) in [4.78, 5) is 28.6. The van der Waals surface area contributed by atoms with Gasteiger partial charge in [-0.25, -0.2) is 4.79 Å². The van der Waals surface area contributed by atoms with Crippen LogP contribution in [0, 0.1) is 0 Å². The van der Waals surface area contributed by atoms with E-state index in [-0.39, 0.29) is 12.0 Å². The number of carbonyl (C=O) groups is 2. The summed E-state index contributed by atoms with van der Waals surface area (Å²) < 4.78 is 4.92. The number of carbonyl (C=O) groups excluding carboxylic acids is 2. The summed E-state index contributed by atoms with van der Waals surface area (Å²) in [7, 11) is 0. The molecule has 0 saturated carbocycles. The van der Waals surface area contributed by atoms with Gasteiger partial charge in [0.15, 0.2) is 0 Å². The fourth-order valence-electron chi connectivity index (χ4n) is 3.01. The third-order valence-corrected chi connectivity index (χ3v) is 4.25. The van der Waals surface area contributed by atoms with Crippen molar-refractivity contribution >= 4 is 34.3 Å². The van der Waals surface area contributed by atoms with Gasteiger partial charge < -0.3 is 15.0 Å². The van der Waals surface area contributed by atoms with Crippen molar-refractivity contribution in [3.63, 3.8) is 0 Å². The number of para-hydroxylation sites is 1. The first-order valence-corrected chi connectivity index (χ1v) is 8.10. The molecule has 0 radical (unpaired) electrons. The van der Waals surface area contributed by atoms with Crippen LogP contribution in [0.5, 0.6) is 0 Å². The summed E-state index contributed by atoms with van der Waals surface area (Å²) in [5.41, 5.74) is 3.44. The first-order valence-electron chi connectivity index (χ1n) is 8.10. The Morgan fingerprint density at radius 3 is 2.72 bits per heavy atom. The molecule has 2 N–H and O–H groups in total. The number of hydrogen-bond donors (Lipinski definition) is 2. The number of H-pyrrole nitrogens is 1. The Morgan fingerprint density at radius 2 is 1.96 bits per heavy atom. The number of cyclic esters (lactones) is 1. The number of anilines is 2. The SMILES string of the molecule is O=C(Cc1c[nH]c2ccccc12)Nc1ccc(N2CCOC2=O)cc1. The standard InChI is InChI=1S/C19H17N3O3/c23-18(11-13-12-20-17-4-2-1-3-16(13)17)21-14-5-7-15(8-6-14)22-9-10-25-19(22)24/h1-8,12,20H,9-11H2,(H,21,23). The van der Waals surface area contributed by atoms with Gasteiger partial charge in [-0.3, -0.25) is 9.69 Å². The molecule has 6 heteroatoms. The third kappa shape index (κ3) is 3.06. The van der Waals surface area contributed by atoms with E-state index >= 15 is 0 Å². The summed E-state index contributed by atoms with van der Waals surface area (Å²) in [6, 6.07) is 15.1. The van der Waals surface area contributed by atoms with Crippen LogP contribution in [0.15, 0.2) is 54.7 Å². The summed E-state index contributed by atoms with van der Waals surface area (Å²) in [6.45, 7) is 0.951. The van der Waals surface area contributed by atoms with Crippen LogP contribution >= 0.6 is 0 Å². The van der Waals surface area contributed by atoms with Gasteiger partial charge in [0.2, 0.25) is 5.91 Å². The molecule has 1 fully saturated rings. The van der Waals surface area contributed by atoms with E-state index in [4.69, 9.17) is 4.74 Å². The quantitative estimate of drug-likeness (QED) is 0.768. The van der Waals surface area contributed by atoms with Gasteiger partial charge in [0.05, 0.1) is 13.0 Å². The molecule has 126 valence electrons. The minimum Gasteiger partial charge on any atom is -0.447 e. The second-order valence-corrected chi connectivity index (χ2v) is 5.90. The topological polar surface area (TPSA) is 74.4 Å². The summed E-state index contributed by atoms with van der Waals surface area (Å²) in [6.07, 6.45) is 1.83. The highest BCUT2D eigenvalue weighted by Crippen LogP contribution is 2.22. The molecule has 3 aromatic rings. The molecule has 1 saturated heterocycles. The second kappa shape index (κ2) is 6.32. The van der Waals surface area contributed by atoms with Crippen LogP contribution in [-0.4, -0.2) is 30.1 Å². The zero-order valence-corrected chi connectivity index (χ0v) is 13.5. The number of rotatable bonds is 4. The maximum absolute atomic E-state index is 12.3. The molecular formula is C19H17N3O3. The molecule has 6 nitrogen and oxygen atoms in total. The largest absolute Gasteiger partial charge is 0.447 e. The van der Waals surface area contributed by atoms with E-state index in [1.54, 1.807) is 29.2 Å². The molecule has 25 heavy (non-hydrogen) atoms. The lowest BCUT2D eigenvalue weighted by atomic mass is 10.1. The highest BCUT2D eigenvalue weighted by atomic mass is 16.6. The molecule has 1 aromatic heterocycles. The number of aromatic nitrogens is 1. The smallest absolute Gasteiger partial charge is 0.414 e. The molecule has 0 spiro atoms. The van der Waals surface area contributed by atoms with Crippen molar-refractivity contribution in [2.45, 2.75) is 6.42 Å². The minimum atomic E-state index is -0.337. The molecule has 0 aliphatic carbocycles. The number of hydrogen-bond acceptors (Lipinski definition) is 3. The lowest BCUT2D eigenvalue weighted by Gasteiger charge is -2.13. The van der Waals surface area contributed by atoms with Crippen LogP contribution in [0.3, 0.4) is 0 Å². The average Bonchev–Trinajstić information content (AvgIpc) is 3.22. The molecule has 0 unspecified atom stereocenters. The van der Waals surface area contributed by atoms with Gasteiger partial charge in [0.25, 0.3) is 0 Å². The summed E-state index contributed by atoms with van der Waals surface area (Å²) >= 11 is 0. The highest BCUT2D eigenvalue weighted by Gasteiger charge is 2.23. The van der Waals surface area contributed by atoms with Crippen molar-refractivity contribution < 1.29 is 14.3 Å². The molecule has 0 bridgehead atoms. The second-order valence-electron chi connectivity index (χ2n) is 5.90. The molecule has 4 rings (SSSR count). The van der Waals surface area contributed by atoms with Gasteiger partial charge in [-0.05, 0) is 35.9 Å². The number of aromatic amines is 1. The molecule has 2 aromatic carbocycles. The summed E-state index contributed by atoms with van der Waals surface area (Å²) in [5.74, 6) is -0.0851. The number of ether oxygens (including phenoxy) is 1. The Kier molecular flexibility index (Phi) is 3.85. The Morgan fingerprint density at radius 1 is 1.16 bits per heavy atom. The zero-order valence-electron chi connectivity index (χ0n) is 13.5. The molecule has 1 aliphatic rings. The number of nitrogens with one attached hydrogen (secondary N) is 2. The van der Waals surface area contributed by atoms with Gasteiger partial charge in [-0.2, -0.15) is 0 Å². The Hall–Kier alpha value is -3.28. The van der Waals surface area contributed by atoms with Gasteiger partial charge in [-0.1, -0.05) is 18.2 Å². The van der Waals surface area contributed by atoms with E-state index in [9.17, 15) is 9.59 Å². The van der Waals surface area contributed by atoms with Gasteiger partial charge in [0, 0.05) is 28.5 Å². The van der Waals surface area contributed by atoms with Crippen molar-refractivity contribution in [1.29, 1.82) is 0 Å². The fraction of sp³-hybridized carbons (Fsp3) is 0.158. The predicted octanol–water partition coefficient (Wildman–Crippen LogP) is 3.31. The summed E-state index contributed by atoms with van der Waals surface area (Å²) in [5, 5.41) is 3.94. The molecule has 1 aliphatic heterocycles. The monoisotopic (exact) mass is 335 g/mol. The van der Waals surface area contributed by atoms with Crippen LogP contribution in [0.2, 0.25) is 0 Å². The number of fused-ring (bicyclic) bond motifs is 1. The Labute approximate surface area is 144 Å². The normalized spacial score (nSPS) is 13.9. The predicted molar refractivity (Wildman–Crippen MR) is 95.8 cm³/mol. The van der Waals surface area contributed by atoms with E-state index in [1.807, 2.05) is 30.5 Å². The van der Waals surface area contributed by atoms with Gasteiger partial charge in [-0.15, -0.1) is 0 Å². The zero-order chi connectivity index (χ0) is 17.2. The van der Waals surface area contributed by atoms with E-state index in [0.717, 1.165) is 22.2 Å². The van der Waals surface area contributed by atoms with E-state index in [2.05, 4.69) is 10.3 Å². The van der Waals surface area contributed by atoms with Crippen LogP contribution in [0.1, 0.15) is 5.56 Å². The maximum atomic E-state index is 12.3. The maximum Gasteiger partial charge on any atom is 0.414 e. The van der Waals surface area contributed by atoms with Crippen LogP contribution in [0.4, 0.5) is 16.2 Å². The van der Waals surface area contributed by atoms with Crippen LogP contribution in [0.25, 0.3) is 10.9 Å². The Bertz CT molecular complexity index is 930. The van der Waals surface area contributed by atoms with Crippen LogP contribution in [-0.2, 0) is 16.0 Å². The lowest BCUT2D eigenvalue weighted by Crippen LogP contribution is -2.23. The molecular weight excluding hydrogens is 318 g/mol. The first-order chi connectivity index (χ1) is 12.2. The average molecular weight is 335 g/mol. The lowest BCUT2D eigenvalue weighted by molar-refractivity contribution is -0.115. The van der Waals surface area contributed by atoms with Gasteiger partial charge >= 0.3 is 6.09 Å². The van der Waals surface area contributed by atoms with Crippen LogP contribution < -0.4 is 10.2 Å². The first kappa shape index (κ1) is 15.3. The molecule has 2 heterocycles.